The van der Waals surface area contributed by atoms with Gasteiger partial charge in [0.2, 0.25) is 5.91 Å². The van der Waals surface area contributed by atoms with Crippen molar-refractivity contribution in [2.75, 3.05) is 33.3 Å². The highest BCUT2D eigenvalue weighted by molar-refractivity contribution is 5.78. The van der Waals surface area contributed by atoms with E-state index >= 15 is 0 Å². The molecule has 0 aromatic carbocycles. The molecule has 2 heterocycles. The molecule has 0 bridgehead atoms. The number of rotatable bonds is 0. The number of carbonyl (C=O) groups is 1. The van der Waals surface area contributed by atoms with Gasteiger partial charge in [-0.2, -0.15) is 0 Å². The quantitative estimate of drug-likeness (QED) is 0.480. The largest absolute Gasteiger partial charge is 0.361 e. The molecule has 2 aliphatic heterocycles. The minimum absolute atomic E-state index is 0.0529. The number of likely N-dealkylation sites (N-methyl/N-ethyl adjacent to an activating group) is 1. The predicted octanol–water partition coefficient (Wildman–Crippen LogP) is -1.18. The second-order valence-electron chi connectivity index (χ2n) is 3.33. The summed E-state index contributed by atoms with van der Waals surface area (Å²) in [6.07, 6.45) is 0. The number of ether oxygens (including phenoxy) is 1. The van der Waals surface area contributed by atoms with Crippen LogP contribution in [-0.4, -0.2) is 49.7 Å². The molecule has 2 aliphatic rings. The Hall–Kier alpha value is -0.610. The first-order valence-corrected chi connectivity index (χ1v) is 3.81. The lowest BCUT2D eigenvalue weighted by Crippen LogP contribution is -2.69. The Morgan fingerprint density at radius 3 is 2.82 bits per heavy atom. The molecule has 2 saturated heterocycles. The third-order valence-corrected chi connectivity index (χ3v) is 2.35. The maximum Gasteiger partial charge on any atom is 0.248 e. The fraction of sp³-hybridized carbons (Fsp3) is 0.857. The smallest absolute Gasteiger partial charge is 0.248 e. The van der Waals surface area contributed by atoms with E-state index in [4.69, 9.17) is 4.74 Å². The van der Waals surface area contributed by atoms with Crippen LogP contribution in [0.3, 0.4) is 0 Å². The van der Waals surface area contributed by atoms with Crippen LogP contribution in [0.4, 0.5) is 0 Å². The zero-order valence-corrected chi connectivity index (χ0v) is 6.59. The second-order valence-corrected chi connectivity index (χ2v) is 3.33. The van der Waals surface area contributed by atoms with E-state index in [0.717, 1.165) is 19.6 Å². The minimum Gasteiger partial charge on any atom is -0.361 e. The highest BCUT2D eigenvalue weighted by atomic mass is 16.5. The summed E-state index contributed by atoms with van der Waals surface area (Å²) in [4.78, 5) is 12.7. The number of morpholine rings is 1. The molecule has 0 aromatic rings. The van der Waals surface area contributed by atoms with Crippen molar-refractivity contribution < 1.29 is 9.53 Å². The van der Waals surface area contributed by atoms with Gasteiger partial charge in [0.25, 0.3) is 0 Å². The first kappa shape index (κ1) is 7.06. The summed E-state index contributed by atoms with van der Waals surface area (Å²) in [6, 6.07) is 0. The SMILES string of the molecule is CN1CC2(CNC2)OCC1=O. The van der Waals surface area contributed by atoms with Crippen molar-refractivity contribution in [2.24, 2.45) is 0 Å². The molecule has 0 aromatic heterocycles. The second kappa shape index (κ2) is 2.19. The summed E-state index contributed by atoms with van der Waals surface area (Å²) in [7, 11) is 1.82. The van der Waals surface area contributed by atoms with E-state index in [1.54, 1.807) is 4.90 Å². The Labute approximate surface area is 65.5 Å². The molecule has 1 spiro atoms. The lowest BCUT2D eigenvalue weighted by atomic mass is 9.95. The third-order valence-electron chi connectivity index (χ3n) is 2.35. The average Bonchev–Trinajstić information content (AvgIpc) is 1.92. The molecule has 4 heteroatoms. The molecule has 2 fully saturated rings. The van der Waals surface area contributed by atoms with E-state index in [0.29, 0.717) is 0 Å². The van der Waals surface area contributed by atoms with Gasteiger partial charge < -0.3 is 15.0 Å². The lowest BCUT2D eigenvalue weighted by Gasteiger charge is -2.47. The molecule has 11 heavy (non-hydrogen) atoms. The van der Waals surface area contributed by atoms with E-state index in [1.165, 1.54) is 0 Å². The summed E-state index contributed by atoms with van der Waals surface area (Å²) in [6.45, 7) is 2.74. The Balaban J connectivity index is 2.02. The van der Waals surface area contributed by atoms with E-state index in [2.05, 4.69) is 5.32 Å². The molecule has 0 aliphatic carbocycles. The van der Waals surface area contributed by atoms with Crippen LogP contribution in [0.15, 0.2) is 0 Å². The van der Waals surface area contributed by atoms with Crippen LogP contribution in [0.1, 0.15) is 0 Å². The normalized spacial score (nSPS) is 28.8. The maximum atomic E-state index is 11.0. The molecule has 1 amide bonds. The number of carbonyl (C=O) groups excluding carboxylic acids is 1. The van der Waals surface area contributed by atoms with Crippen molar-refractivity contribution in [3.63, 3.8) is 0 Å². The van der Waals surface area contributed by atoms with Crippen LogP contribution in [0.2, 0.25) is 0 Å². The Morgan fingerprint density at radius 1 is 1.64 bits per heavy atom. The molecule has 2 rings (SSSR count). The molecule has 62 valence electrons. The van der Waals surface area contributed by atoms with Gasteiger partial charge in [-0.05, 0) is 0 Å². The van der Waals surface area contributed by atoms with Gasteiger partial charge in [0.1, 0.15) is 12.2 Å². The number of nitrogens with one attached hydrogen (secondary N) is 1. The van der Waals surface area contributed by atoms with E-state index in [-0.39, 0.29) is 18.1 Å². The molecule has 0 saturated carbocycles. The van der Waals surface area contributed by atoms with Crippen LogP contribution >= 0.6 is 0 Å². The summed E-state index contributed by atoms with van der Waals surface area (Å²) in [5.74, 6) is 0.0857. The number of nitrogens with zero attached hydrogens (tertiary/aromatic N) is 1. The molecule has 0 atom stereocenters. The zero-order chi connectivity index (χ0) is 7.90. The molecular formula is C7H12N2O2. The van der Waals surface area contributed by atoms with Gasteiger partial charge in [-0.3, -0.25) is 4.79 Å². The van der Waals surface area contributed by atoms with Crippen LogP contribution in [-0.2, 0) is 9.53 Å². The monoisotopic (exact) mass is 156 g/mol. The minimum atomic E-state index is -0.0529. The average molecular weight is 156 g/mol. The molecule has 0 radical (unpaired) electrons. The van der Waals surface area contributed by atoms with Gasteiger partial charge in [-0.15, -0.1) is 0 Å². The Bertz CT molecular complexity index is 189. The van der Waals surface area contributed by atoms with Gasteiger partial charge in [-0.1, -0.05) is 0 Å². The van der Waals surface area contributed by atoms with Crippen LogP contribution < -0.4 is 5.32 Å². The fourth-order valence-corrected chi connectivity index (χ4v) is 1.51. The van der Waals surface area contributed by atoms with Gasteiger partial charge in [0.15, 0.2) is 0 Å². The third kappa shape index (κ3) is 1.02. The van der Waals surface area contributed by atoms with Crippen molar-refractivity contribution in [2.45, 2.75) is 5.60 Å². The van der Waals surface area contributed by atoms with E-state index in [1.807, 2.05) is 7.05 Å². The first-order valence-electron chi connectivity index (χ1n) is 3.81. The van der Waals surface area contributed by atoms with E-state index in [9.17, 15) is 4.79 Å². The summed E-state index contributed by atoms with van der Waals surface area (Å²) in [5.41, 5.74) is -0.0529. The Kier molecular flexibility index (Phi) is 1.40. The van der Waals surface area contributed by atoms with Gasteiger partial charge >= 0.3 is 0 Å². The van der Waals surface area contributed by atoms with Crippen LogP contribution in [0, 0.1) is 0 Å². The van der Waals surface area contributed by atoms with Gasteiger partial charge in [-0.25, -0.2) is 0 Å². The van der Waals surface area contributed by atoms with Gasteiger partial charge in [0.05, 0.1) is 6.54 Å². The van der Waals surface area contributed by atoms with Crippen molar-refractivity contribution in [3.05, 3.63) is 0 Å². The predicted molar refractivity (Wildman–Crippen MR) is 39.2 cm³/mol. The molecule has 1 N–H and O–H groups in total. The summed E-state index contributed by atoms with van der Waals surface area (Å²) < 4.78 is 5.43. The standard InChI is InChI=1S/C7H12N2O2/c1-9-5-7(3-8-4-7)11-2-6(9)10/h8H,2-5H2,1H3. The molecule has 4 nitrogen and oxygen atoms in total. The molecule has 0 unspecified atom stereocenters. The zero-order valence-electron chi connectivity index (χ0n) is 6.59. The van der Waals surface area contributed by atoms with E-state index < -0.39 is 0 Å². The maximum absolute atomic E-state index is 11.0. The first-order chi connectivity index (χ1) is 5.22. The van der Waals surface area contributed by atoms with Crippen molar-refractivity contribution in [3.8, 4) is 0 Å². The lowest BCUT2D eigenvalue weighted by molar-refractivity contribution is -0.169. The number of hydrogen-bond donors (Lipinski definition) is 1. The van der Waals surface area contributed by atoms with Crippen molar-refractivity contribution in [1.29, 1.82) is 0 Å². The topological polar surface area (TPSA) is 41.6 Å². The fourth-order valence-electron chi connectivity index (χ4n) is 1.51. The van der Waals surface area contributed by atoms with Crippen molar-refractivity contribution in [1.82, 2.24) is 10.2 Å². The number of hydrogen-bond acceptors (Lipinski definition) is 3. The highest BCUT2D eigenvalue weighted by Gasteiger charge is 2.43. The van der Waals surface area contributed by atoms with Crippen LogP contribution in [0.5, 0.6) is 0 Å². The van der Waals surface area contributed by atoms with Crippen LogP contribution in [0.25, 0.3) is 0 Å². The number of amides is 1. The van der Waals surface area contributed by atoms with Crippen molar-refractivity contribution >= 4 is 5.91 Å². The molecular weight excluding hydrogens is 144 g/mol. The Morgan fingerprint density at radius 2 is 2.36 bits per heavy atom. The summed E-state index contributed by atoms with van der Waals surface area (Å²) in [5, 5.41) is 3.14. The highest BCUT2D eigenvalue weighted by Crippen LogP contribution is 2.21. The summed E-state index contributed by atoms with van der Waals surface area (Å²) >= 11 is 0. The van der Waals surface area contributed by atoms with Gasteiger partial charge in [0, 0.05) is 20.1 Å².